The first-order valence-corrected chi connectivity index (χ1v) is 11.4. The first-order valence-electron chi connectivity index (χ1n) is 9.88. The largest absolute Gasteiger partial charge is 0.322 e. The van der Waals surface area contributed by atoms with Crippen molar-refractivity contribution in [2.75, 3.05) is 5.32 Å². The number of aromatic nitrogens is 1. The predicted octanol–water partition coefficient (Wildman–Crippen LogP) is 4.82. The van der Waals surface area contributed by atoms with Gasteiger partial charge in [0.05, 0.1) is 26.9 Å². The smallest absolute Gasteiger partial charge is 0.257 e. The lowest BCUT2D eigenvalue weighted by atomic mass is 10.1. The summed E-state index contributed by atoms with van der Waals surface area (Å²) >= 11 is 0. The Morgan fingerprint density at radius 3 is 2.55 bits per heavy atom. The standard InChI is InChI=1S/C23H24N2O3S/c1-15-10-11-17-13-21(16(2)24-22(17)12-15)23(26)25-18-6-5-9-20(14-18)29(27,28)19-7-3-4-8-19/h5-6,9-14,19H,3-4,7-8H2,1-2H3,(H,25,26). The zero-order valence-corrected chi connectivity index (χ0v) is 17.4. The lowest BCUT2D eigenvalue weighted by molar-refractivity contribution is 0.102. The normalized spacial score (nSPS) is 15.0. The molecule has 2 aromatic carbocycles. The SMILES string of the molecule is Cc1ccc2cc(C(=O)Nc3cccc(S(=O)(=O)C4CCCC4)c3)c(C)nc2c1. The molecule has 5 nitrogen and oxygen atoms in total. The predicted molar refractivity (Wildman–Crippen MR) is 115 cm³/mol. The summed E-state index contributed by atoms with van der Waals surface area (Å²) in [5.74, 6) is -0.298. The summed E-state index contributed by atoms with van der Waals surface area (Å²) < 4.78 is 25.7. The Morgan fingerprint density at radius 2 is 1.79 bits per heavy atom. The van der Waals surface area contributed by atoms with E-state index >= 15 is 0 Å². The number of carbonyl (C=O) groups excluding carboxylic acids is 1. The summed E-state index contributed by atoms with van der Waals surface area (Å²) in [5, 5.41) is 3.41. The van der Waals surface area contributed by atoms with E-state index in [4.69, 9.17) is 0 Å². The molecule has 1 N–H and O–H groups in total. The summed E-state index contributed by atoms with van der Waals surface area (Å²) in [6.45, 7) is 3.81. The van der Waals surface area contributed by atoms with Crippen LogP contribution in [0.3, 0.4) is 0 Å². The number of hydrogen-bond acceptors (Lipinski definition) is 4. The molecule has 0 saturated heterocycles. The topological polar surface area (TPSA) is 76.1 Å². The highest BCUT2D eigenvalue weighted by atomic mass is 32.2. The summed E-state index contributed by atoms with van der Waals surface area (Å²) in [5.41, 5.74) is 3.55. The van der Waals surface area contributed by atoms with Gasteiger partial charge >= 0.3 is 0 Å². The van der Waals surface area contributed by atoms with E-state index < -0.39 is 9.84 Å². The van der Waals surface area contributed by atoms with Gasteiger partial charge in [0.25, 0.3) is 5.91 Å². The molecule has 1 aliphatic rings. The first-order chi connectivity index (χ1) is 13.8. The molecule has 0 spiro atoms. The van der Waals surface area contributed by atoms with Crippen molar-refractivity contribution in [1.82, 2.24) is 4.98 Å². The van der Waals surface area contributed by atoms with Gasteiger partial charge in [-0.3, -0.25) is 9.78 Å². The van der Waals surface area contributed by atoms with Crippen LogP contribution < -0.4 is 5.32 Å². The maximum absolute atomic E-state index is 12.9. The minimum Gasteiger partial charge on any atom is -0.322 e. The van der Waals surface area contributed by atoms with Crippen LogP contribution in [0.5, 0.6) is 0 Å². The zero-order valence-electron chi connectivity index (χ0n) is 16.6. The Hall–Kier alpha value is -2.73. The molecule has 1 heterocycles. The average molecular weight is 409 g/mol. The molecule has 3 aromatic rings. The van der Waals surface area contributed by atoms with Crippen molar-refractivity contribution >= 4 is 32.3 Å². The molecule has 1 aromatic heterocycles. The summed E-state index contributed by atoms with van der Waals surface area (Å²) in [7, 11) is -3.37. The zero-order chi connectivity index (χ0) is 20.6. The number of sulfone groups is 1. The number of anilines is 1. The van der Waals surface area contributed by atoms with Crippen molar-refractivity contribution in [1.29, 1.82) is 0 Å². The van der Waals surface area contributed by atoms with Gasteiger partial charge in [0.1, 0.15) is 0 Å². The van der Waals surface area contributed by atoms with Gasteiger partial charge in [-0.15, -0.1) is 0 Å². The second kappa shape index (κ2) is 7.59. The Labute approximate surface area is 171 Å². The summed E-state index contributed by atoms with van der Waals surface area (Å²) in [4.78, 5) is 17.7. The number of amides is 1. The third-order valence-electron chi connectivity index (χ3n) is 5.57. The molecule has 1 aliphatic carbocycles. The molecule has 0 atom stereocenters. The molecular formula is C23H24N2O3S. The molecule has 1 saturated carbocycles. The van der Waals surface area contributed by atoms with E-state index in [1.807, 2.05) is 31.2 Å². The molecule has 0 unspecified atom stereocenters. The number of aryl methyl sites for hydroxylation is 2. The second-order valence-electron chi connectivity index (χ2n) is 7.75. The van der Waals surface area contributed by atoms with Crippen LogP contribution in [0.15, 0.2) is 53.4 Å². The van der Waals surface area contributed by atoms with Crippen LogP contribution in [0.25, 0.3) is 10.9 Å². The third kappa shape index (κ3) is 3.90. The molecule has 1 amide bonds. The number of rotatable bonds is 4. The number of benzene rings is 2. The molecule has 4 rings (SSSR count). The minimum atomic E-state index is -3.37. The number of carbonyl (C=O) groups is 1. The quantitative estimate of drug-likeness (QED) is 0.671. The Kier molecular flexibility index (Phi) is 5.13. The van der Waals surface area contributed by atoms with Gasteiger partial charge in [-0.25, -0.2) is 8.42 Å². The molecular weight excluding hydrogens is 384 g/mol. The summed E-state index contributed by atoms with van der Waals surface area (Å²) in [6.07, 6.45) is 3.32. The molecule has 29 heavy (non-hydrogen) atoms. The van der Waals surface area contributed by atoms with Crippen molar-refractivity contribution in [3.63, 3.8) is 0 Å². The van der Waals surface area contributed by atoms with Crippen LogP contribution >= 0.6 is 0 Å². The van der Waals surface area contributed by atoms with E-state index in [0.717, 1.165) is 29.3 Å². The first kappa shape index (κ1) is 19.6. The summed E-state index contributed by atoms with van der Waals surface area (Å²) in [6, 6.07) is 14.3. The monoisotopic (exact) mass is 408 g/mol. The van der Waals surface area contributed by atoms with E-state index in [2.05, 4.69) is 10.3 Å². The van der Waals surface area contributed by atoms with Gasteiger partial charge in [0.15, 0.2) is 9.84 Å². The lowest BCUT2D eigenvalue weighted by Gasteiger charge is -2.13. The van der Waals surface area contributed by atoms with E-state index in [0.29, 0.717) is 29.8 Å². The molecule has 0 radical (unpaired) electrons. The van der Waals surface area contributed by atoms with Crippen molar-refractivity contribution in [3.8, 4) is 0 Å². The number of hydrogen-bond donors (Lipinski definition) is 1. The third-order valence-corrected chi connectivity index (χ3v) is 7.83. The van der Waals surface area contributed by atoms with Crippen LogP contribution in [0.4, 0.5) is 5.69 Å². The maximum atomic E-state index is 12.9. The lowest BCUT2D eigenvalue weighted by Crippen LogP contribution is -2.18. The highest BCUT2D eigenvalue weighted by molar-refractivity contribution is 7.92. The van der Waals surface area contributed by atoms with Crippen molar-refractivity contribution in [3.05, 3.63) is 65.4 Å². The van der Waals surface area contributed by atoms with Crippen LogP contribution in [0.2, 0.25) is 0 Å². The van der Waals surface area contributed by atoms with E-state index in [9.17, 15) is 13.2 Å². The van der Waals surface area contributed by atoms with E-state index in [-0.39, 0.29) is 16.1 Å². The Morgan fingerprint density at radius 1 is 1.03 bits per heavy atom. The van der Waals surface area contributed by atoms with Gasteiger partial charge in [-0.05, 0) is 62.6 Å². The Balaban J connectivity index is 1.61. The fourth-order valence-electron chi connectivity index (χ4n) is 3.94. The van der Waals surface area contributed by atoms with Gasteiger partial charge in [0, 0.05) is 11.1 Å². The molecule has 6 heteroatoms. The van der Waals surface area contributed by atoms with Crippen LogP contribution in [-0.2, 0) is 9.84 Å². The molecule has 1 fully saturated rings. The Bertz CT molecular complexity index is 1200. The fourth-order valence-corrected chi connectivity index (χ4v) is 5.84. The molecule has 150 valence electrons. The van der Waals surface area contributed by atoms with Gasteiger partial charge in [-0.2, -0.15) is 0 Å². The fraction of sp³-hybridized carbons (Fsp3) is 0.304. The maximum Gasteiger partial charge on any atom is 0.257 e. The molecule has 0 aliphatic heterocycles. The van der Waals surface area contributed by atoms with Gasteiger partial charge in [0.2, 0.25) is 0 Å². The van der Waals surface area contributed by atoms with Crippen molar-refractivity contribution in [2.45, 2.75) is 49.7 Å². The highest BCUT2D eigenvalue weighted by Gasteiger charge is 2.30. The van der Waals surface area contributed by atoms with Crippen molar-refractivity contribution in [2.24, 2.45) is 0 Å². The van der Waals surface area contributed by atoms with Gasteiger partial charge < -0.3 is 5.32 Å². The van der Waals surface area contributed by atoms with Crippen LogP contribution in [0, 0.1) is 13.8 Å². The second-order valence-corrected chi connectivity index (χ2v) is 9.98. The van der Waals surface area contributed by atoms with E-state index in [1.165, 1.54) is 0 Å². The number of nitrogens with one attached hydrogen (secondary N) is 1. The minimum absolute atomic E-state index is 0.269. The number of fused-ring (bicyclic) bond motifs is 1. The van der Waals surface area contributed by atoms with E-state index in [1.54, 1.807) is 31.2 Å². The molecule has 0 bridgehead atoms. The van der Waals surface area contributed by atoms with Gasteiger partial charge in [-0.1, -0.05) is 31.0 Å². The highest BCUT2D eigenvalue weighted by Crippen LogP contribution is 2.30. The van der Waals surface area contributed by atoms with Crippen LogP contribution in [0.1, 0.15) is 47.3 Å². The van der Waals surface area contributed by atoms with Crippen LogP contribution in [-0.4, -0.2) is 24.6 Å². The number of pyridine rings is 1. The number of nitrogens with zero attached hydrogens (tertiary/aromatic N) is 1. The average Bonchev–Trinajstić information content (AvgIpc) is 3.23. The van der Waals surface area contributed by atoms with Crippen molar-refractivity contribution < 1.29 is 13.2 Å².